The molecule has 1 aliphatic heterocycles. The van der Waals surface area contributed by atoms with Gasteiger partial charge in [0.15, 0.2) is 0 Å². The lowest BCUT2D eigenvalue weighted by molar-refractivity contribution is -0.144. The molecule has 3 fully saturated rings. The molecule has 0 radical (unpaired) electrons. The second-order valence-corrected chi connectivity index (χ2v) is 7.90. The maximum atomic E-state index is 13.2. The molecule has 0 bridgehead atoms. The predicted molar refractivity (Wildman–Crippen MR) is 96.8 cm³/mol. The molecule has 3 atom stereocenters. The van der Waals surface area contributed by atoms with Crippen molar-refractivity contribution in [2.45, 2.75) is 50.3 Å². The Hall–Kier alpha value is -1.92. The van der Waals surface area contributed by atoms with E-state index in [2.05, 4.69) is 10.6 Å². The molecule has 6 heteroatoms. The number of para-hydroxylation sites is 2. The van der Waals surface area contributed by atoms with E-state index in [1.54, 1.807) is 0 Å². The van der Waals surface area contributed by atoms with E-state index in [0.29, 0.717) is 25.6 Å². The van der Waals surface area contributed by atoms with E-state index in [1.165, 1.54) is 0 Å². The van der Waals surface area contributed by atoms with Crippen LogP contribution in [0.1, 0.15) is 37.4 Å². The van der Waals surface area contributed by atoms with Crippen molar-refractivity contribution < 1.29 is 14.6 Å². The number of rotatable bonds is 4. The first-order valence-corrected chi connectivity index (χ1v) is 9.71. The van der Waals surface area contributed by atoms with Crippen LogP contribution in [-0.4, -0.2) is 57.4 Å². The lowest BCUT2D eigenvalue weighted by atomic mass is 10.1. The standard InChI is InChI=1S/C20H25N3O3/c24-12-13-9-17-18(10-13)26-8-7-22(17)19(25)11-23-16-4-2-1-3-15(16)21-20(23)14-5-6-14/h1-4,13-14,17-18,24H,5-12H2/t13-,17+,18+/m1/s1. The van der Waals surface area contributed by atoms with Crippen molar-refractivity contribution in [3.63, 3.8) is 0 Å². The number of ether oxygens (including phenoxy) is 1. The van der Waals surface area contributed by atoms with Gasteiger partial charge in [0, 0.05) is 19.1 Å². The number of benzene rings is 1. The summed E-state index contributed by atoms with van der Waals surface area (Å²) in [6.45, 7) is 1.75. The number of nitrogens with zero attached hydrogens (tertiary/aromatic N) is 3. The fraction of sp³-hybridized carbons (Fsp3) is 0.600. The Morgan fingerprint density at radius 3 is 2.92 bits per heavy atom. The molecule has 0 unspecified atom stereocenters. The van der Waals surface area contributed by atoms with Crippen molar-refractivity contribution in [1.29, 1.82) is 0 Å². The summed E-state index contributed by atoms with van der Waals surface area (Å²) < 4.78 is 7.99. The van der Waals surface area contributed by atoms with Crippen LogP contribution >= 0.6 is 0 Å². The molecule has 2 saturated carbocycles. The van der Waals surface area contributed by atoms with Crippen LogP contribution in [0.5, 0.6) is 0 Å². The van der Waals surface area contributed by atoms with Gasteiger partial charge in [0.05, 0.1) is 29.8 Å². The van der Waals surface area contributed by atoms with Crippen molar-refractivity contribution in [2.24, 2.45) is 5.92 Å². The number of carbonyl (C=O) groups is 1. The van der Waals surface area contributed by atoms with Gasteiger partial charge in [-0.1, -0.05) is 12.1 Å². The van der Waals surface area contributed by atoms with Gasteiger partial charge in [0.25, 0.3) is 0 Å². The van der Waals surface area contributed by atoms with E-state index >= 15 is 0 Å². The number of hydrogen-bond acceptors (Lipinski definition) is 4. The van der Waals surface area contributed by atoms with Crippen LogP contribution in [-0.2, 0) is 16.1 Å². The molecule has 1 N–H and O–H groups in total. The smallest absolute Gasteiger partial charge is 0.242 e. The molecule has 2 heterocycles. The van der Waals surface area contributed by atoms with Gasteiger partial charge in [-0.3, -0.25) is 4.79 Å². The third kappa shape index (κ3) is 2.72. The summed E-state index contributed by atoms with van der Waals surface area (Å²) in [4.78, 5) is 20.0. The maximum Gasteiger partial charge on any atom is 0.242 e. The first-order chi connectivity index (χ1) is 12.7. The maximum absolute atomic E-state index is 13.2. The Balaban J connectivity index is 1.42. The predicted octanol–water partition coefficient (Wildman–Crippen LogP) is 1.91. The Kier molecular flexibility index (Phi) is 3.98. The van der Waals surface area contributed by atoms with Gasteiger partial charge >= 0.3 is 0 Å². The third-order valence-electron chi connectivity index (χ3n) is 6.13. The lowest BCUT2D eigenvalue weighted by Crippen LogP contribution is -2.52. The van der Waals surface area contributed by atoms with E-state index in [4.69, 9.17) is 9.72 Å². The van der Waals surface area contributed by atoms with E-state index in [9.17, 15) is 9.90 Å². The largest absolute Gasteiger partial charge is 0.396 e. The average Bonchev–Trinajstić information content (AvgIpc) is 3.32. The number of fused-ring (bicyclic) bond motifs is 2. The molecule has 0 spiro atoms. The number of hydrogen-bond donors (Lipinski definition) is 1. The Morgan fingerprint density at radius 1 is 1.27 bits per heavy atom. The lowest BCUT2D eigenvalue weighted by Gasteiger charge is -2.37. The summed E-state index contributed by atoms with van der Waals surface area (Å²) in [6, 6.07) is 8.19. The summed E-state index contributed by atoms with van der Waals surface area (Å²) in [5.41, 5.74) is 2.02. The Bertz CT molecular complexity index is 829. The van der Waals surface area contributed by atoms with Crippen molar-refractivity contribution in [3.05, 3.63) is 30.1 Å². The highest BCUT2D eigenvalue weighted by Gasteiger charge is 2.42. The van der Waals surface area contributed by atoms with Crippen molar-refractivity contribution >= 4 is 16.9 Å². The zero-order valence-electron chi connectivity index (χ0n) is 14.9. The van der Waals surface area contributed by atoms with Gasteiger partial charge in [-0.2, -0.15) is 0 Å². The molecular weight excluding hydrogens is 330 g/mol. The number of amides is 1. The summed E-state index contributed by atoms with van der Waals surface area (Å²) in [7, 11) is 0. The highest BCUT2D eigenvalue weighted by molar-refractivity contribution is 5.81. The van der Waals surface area contributed by atoms with Gasteiger partial charge in [0.1, 0.15) is 12.4 Å². The van der Waals surface area contributed by atoms with E-state index in [-0.39, 0.29) is 30.6 Å². The highest BCUT2D eigenvalue weighted by atomic mass is 16.5. The summed E-state index contributed by atoms with van der Waals surface area (Å²) in [6.07, 6.45) is 4.10. The normalized spacial score (nSPS) is 28.5. The van der Waals surface area contributed by atoms with Gasteiger partial charge in [-0.05, 0) is 43.7 Å². The molecule has 1 aromatic heterocycles. The number of morpholine rings is 1. The zero-order valence-corrected chi connectivity index (χ0v) is 14.9. The van der Waals surface area contributed by atoms with Crippen LogP contribution in [0.25, 0.3) is 11.0 Å². The second-order valence-electron chi connectivity index (χ2n) is 7.90. The minimum Gasteiger partial charge on any atom is -0.396 e. The second kappa shape index (κ2) is 6.35. The molecule has 6 nitrogen and oxygen atoms in total. The van der Waals surface area contributed by atoms with Crippen LogP contribution in [0.15, 0.2) is 24.3 Å². The number of aliphatic hydroxyl groups is 1. The van der Waals surface area contributed by atoms with Crippen LogP contribution in [0, 0.1) is 5.92 Å². The molecule has 1 amide bonds. The summed E-state index contributed by atoms with van der Waals surface area (Å²) >= 11 is 0. The highest BCUT2D eigenvalue weighted by Crippen LogP contribution is 2.41. The minimum atomic E-state index is 0.0762. The molecule has 2 aliphatic carbocycles. The Labute approximate surface area is 152 Å². The van der Waals surface area contributed by atoms with Gasteiger partial charge in [-0.25, -0.2) is 4.98 Å². The van der Waals surface area contributed by atoms with Crippen LogP contribution in [0.4, 0.5) is 0 Å². The molecule has 2 aromatic rings. The average molecular weight is 355 g/mol. The van der Waals surface area contributed by atoms with Crippen molar-refractivity contribution in [3.8, 4) is 0 Å². The van der Waals surface area contributed by atoms with Crippen LogP contribution in [0.3, 0.4) is 0 Å². The first kappa shape index (κ1) is 16.3. The van der Waals surface area contributed by atoms with Gasteiger partial charge in [0.2, 0.25) is 5.91 Å². The number of imidazole rings is 1. The summed E-state index contributed by atoms with van der Waals surface area (Å²) in [5, 5.41) is 9.50. The quantitative estimate of drug-likeness (QED) is 0.910. The van der Waals surface area contributed by atoms with Gasteiger partial charge in [-0.15, -0.1) is 0 Å². The number of aromatic nitrogens is 2. The van der Waals surface area contributed by atoms with E-state index < -0.39 is 0 Å². The molecule has 5 rings (SSSR count). The van der Waals surface area contributed by atoms with E-state index in [0.717, 1.165) is 42.5 Å². The fourth-order valence-corrected chi connectivity index (χ4v) is 4.65. The molecule has 1 aromatic carbocycles. The molecular formula is C20H25N3O3. The topological polar surface area (TPSA) is 67.6 Å². The number of carbonyl (C=O) groups excluding carboxylic acids is 1. The van der Waals surface area contributed by atoms with Crippen LogP contribution in [0.2, 0.25) is 0 Å². The molecule has 3 aliphatic rings. The third-order valence-corrected chi connectivity index (χ3v) is 6.13. The van der Waals surface area contributed by atoms with Crippen LogP contribution < -0.4 is 0 Å². The summed E-state index contributed by atoms with van der Waals surface area (Å²) in [5.74, 6) is 1.95. The number of aliphatic hydroxyl groups excluding tert-OH is 1. The van der Waals surface area contributed by atoms with Crippen molar-refractivity contribution in [1.82, 2.24) is 14.5 Å². The first-order valence-electron chi connectivity index (χ1n) is 9.71. The zero-order chi connectivity index (χ0) is 17.7. The van der Waals surface area contributed by atoms with Crippen molar-refractivity contribution in [2.75, 3.05) is 19.8 Å². The molecule has 26 heavy (non-hydrogen) atoms. The van der Waals surface area contributed by atoms with Gasteiger partial charge < -0.3 is 19.3 Å². The SMILES string of the molecule is O=C(Cn1c(C2CC2)nc2ccccc21)N1CCO[C@H]2C[C@H](CO)C[C@@H]21. The Morgan fingerprint density at radius 2 is 2.12 bits per heavy atom. The minimum absolute atomic E-state index is 0.0762. The monoisotopic (exact) mass is 355 g/mol. The molecule has 1 saturated heterocycles. The fourth-order valence-electron chi connectivity index (χ4n) is 4.65. The molecule has 138 valence electrons. The van der Waals surface area contributed by atoms with E-state index in [1.807, 2.05) is 23.1 Å².